The van der Waals surface area contributed by atoms with Gasteiger partial charge < -0.3 is 14.8 Å². The molecule has 2 saturated heterocycles. The summed E-state index contributed by atoms with van der Waals surface area (Å²) in [6, 6.07) is 20.0. The minimum absolute atomic E-state index is 0.0144. The Labute approximate surface area is 141 Å². The lowest BCUT2D eigenvalue weighted by atomic mass is 9.96. The lowest BCUT2D eigenvalue weighted by Gasteiger charge is -2.32. The molecule has 4 nitrogen and oxygen atoms in total. The smallest absolute Gasteiger partial charge is 0.222 e. The number of ketones is 1. The molecule has 0 unspecified atom stereocenters. The molecule has 2 aromatic rings. The van der Waals surface area contributed by atoms with Gasteiger partial charge in [-0.15, -0.1) is 0 Å². The molecule has 2 fully saturated rings. The highest BCUT2D eigenvalue weighted by Crippen LogP contribution is 2.41. The molecule has 0 aliphatic carbocycles. The van der Waals surface area contributed by atoms with Crippen molar-refractivity contribution in [3.8, 4) is 0 Å². The largest absolute Gasteiger partial charge is 0.339 e. The third-order valence-electron chi connectivity index (χ3n) is 4.78. The third-order valence-corrected chi connectivity index (χ3v) is 4.78. The van der Waals surface area contributed by atoms with Crippen molar-refractivity contribution < 1.29 is 14.3 Å². The summed E-state index contributed by atoms with van der Waals surface area (Å²) in [5, 5.41) is 3.41. The molecule has 24 heavy (non-hydrogen) atoms. The molecule has 124 valence electrons. The lowest BCUT2D eigenvalue weighted by molar-refractivity contribution is -0.148. The topological polar surface area (TPSA) is 47.6 Å². The van der Waals surface area contributed by atoms with Crippen LogP contribution in [0.3, 0.4) is 0 Å². The van der Waals surface area contributed by atoms with Gasteiger partial charge in [0, 0.05) is 36.6 Å². The minimum atomic E-state index is -0.907. The number of carbonyl (C=O) groups excluding carboxylic acids is 1. The van der Waals surface area contributed by atoms with E-state index in [1.807, 2.05) is 60.7 Å². The molecule has 2 atom stereocenters. The molecule has 0 radical (unpaired) electrons. The van der Waals surface area contributed by atoms with Crippen molar-refractivity contribution in [2.45, 2.75) is 30.8 Å². The SMILES string of the molecule is O=C1CCN[C@@H]([C@H]2COC(c3ccccc3)(c3ccccc3)O2)C1. The van der Waals surface area contributed by atoms with Crippen LogP contribution in [0.4, 0.5) is 0 Å². The average Bonchev–Trinajstić information content (AvgIpc) is 3.10. The lowest BCUT2D eigenvalue weighted by Crippen LogP contribution is -2.47. The van der Waals surface area contributed by atoms with Gasteiger partial charge >= 0.3 is 0 Å². The van der Waals surface area contributed by atoms with Crippen LogP contribution < -0.4 is 5.32 Å². The number of ether oxygens (including phenoxy) is 2. The van der Waals surface area contributed by atoms with Gasteiger partial charge in [-0.25, -0.2) is 0 Å². The number of carbonyl (C=O) groups is 1. The van der Waals surface area contributed by atoms with Gasteiger partial charge in [-0.1, -0.05) is 60.7 Å². The highest BCUT2D eigenvalue weighted by atomic mass is 16.7. The molecule has 4 heteroatoms. The summed E-state index contributed by atoms with van der Waals surface area (Å²) >= 11 is 0. The van der Waals surface area contributed by atoms with Crippen LogP contribution in [0.5, 0.6) is 0 Å². The van der Waals surface area contributed by atoms with Crippen LogP contribution in [0.15, 0.2) is 60.7 Å². The second kappa shape index (κ2) is 6.48. The first-order valence-electron chi connectivity index (χ1n) is 8.46. The maximum atomic E-state index is 11.8. The summed E-state index contributed by atoms with van der Waals surface area (Å²) in [4.78, 5) is 11.8. The third kappa shape index (κ3) is 2.77. The fourth-order valence-electron chi connectivity index (χ4n) is 3.54. The van der Waals surface area contributed by atoms with Gasteiger partial charge in [-0.05, 0) is 0 Å². The molecule has 2 aromatic carbocycles. The van der Waals surface area contributed by atoms with Gasteiger partial charge in [0.05, 0.1) is 6.61 Å². The monoisotopic (exact) mass is 323 g/mol. The maximum Gasteiger partial charge on any atom is 0.222 e. The standard InChI is InChI=1S/C20H21NO3/c22-17-11-12-21-18(13-17)19-14-23-20(24-19,15-7-3-1-4-8-15)16-9-5-2-6-10-16/h1-10,18-19,21H,11-14H2/t18-,19-/m1/s1. The van der Waals surface area contributed by atoms with Crippen LogP contribution in [0, 0.1) is 0 Å². The number of hydrogen-bond donors (Lipinski definition) is 1. The van der Waals surface area contributed by atoms with Gasteiger partial charge in [0.25, 0.3) is 0 Å². The van der Waals surface area contributed by atoms with Crippen LogP contribution in [0.1, 0.15) is 24.0 Å². The maximum absolute atomic E-state index is 11.8. The molecule has 0 amide bonds. The fourth-order valence-corrected chi connectivity index (χ4v) is 3.54. The van der Waals surface area contributed by atoms with E-state index in [0.717, 1.165) is 11.1 Å². The summed E-state index contributed by atoms with van der Waals surface area (Å²) in [6.45, 7) is 1.18. The van der Waals surface area contributed by atoms with E-state index in [0.29, 0.717) is 31.8 Å². The molecule has 2 heterocycles. The molecule has 0 aromatic heterocycles. The van der Waals surface area contributed by atoms with Crippen LogP contribution in [-0.2, 0) is 20.1 Å². The Morgan fingerprint density at radius 3 is 2.17 bits per heavy atom. The molecule has 0 bridgehead atoms. The number of hydrogen-bond acceptors (Lipinski definition) is 4. The number of piperidine rings is 1. The highest BCUT2D eigenvalue weighted by molar-refractivity contribution is 5.80. The van der Waals surface area contributed by atoms with E-state index in [9.17, 15) is 4.79 Å². The zero-order chi connectivity index (χ0) is 16.4. The van der Waals surface area contributed by atoms with E-state index >= 15 is 0 Å². The first-order chi connectivity index (χ1) is 11.8. The van der Waals surface area contributed by atoms with E-state index in [1.54, 1.807) is 0 Å². The molecule has 0 spiro atoms. The second-order valence-electron chi connectivity index (χ2n) is 6.37. The van der Waals surface area contributed by atoms with Gasteiger partial charge in [0.15, 0.2) is 0 Å². The first kappa shape index (κ1) is 15.5. The van der Waals surface area contributed by atoms with Crippen molar-refractivity contribution in [3.63, 3.8) is 0 Å². The first-order valence-corrected chi connectivity index (χ1v) is 8.46. The van der Waals surface area contributed by atoms with Crippen LogP contribution in [0.2, 0.25) is 0 Å². The molecule has 2 aliphatic rings. The second-order valence-corrected chi connectivity index (χ2v) is 6.37. The predicted molar refractivity (Wildman–Crippen MR) is 90.5 cm³/mol. The Balaban J connectivity index is 1.67. The summed E-state index contributed by atoms with van der Waals surface area (Å²) in [6.07, 6.45) is 0.968. The molecule has 2 aliphatic heterocycles. The molecule has 4 rings (SSSR count). The van der Waals surface area contributed by atoms with E-state index in [1.165, 1.54) is 0 Å². The summed E-state index contributed by atoms with van der Waals surface area (Å²) < 4.78 is 12.7. The number of Topliss-reactive ketones (excluding diaryl/α,β-unsaturated/α-hetero) is 1. The predicted octanol–water partition coefficient (Wildman–Crippen LogP) is 2.62. The zero-order valence-corrected chi connectivity index (χ0v) is 13.5. The molecular formula is C20H21NO3. The highest BCUT2D eigenvalue weighted by Gasteiger charge is 2.47. The number of nitrogens with one attached hydrogen (secondary N) is 1. The van der Waals surface area contributed by atoms with Crippen molar-refractivity contribution in [2.24, 2.45) is 0 Å². The van der Waals surface area contributed by atoms with Crippen molar-refractivity contribution in [2.75, 3.05) is 13.2 Å². The van der Waals surface area contributed by atoms with Crippen molar-refractivity contribution in [3.05, 3.63) is 71.8 Å². The van der Waals surface area contributed by atoms with E-state index in [4.69, 9.17) is 9.47 Å². The fraction of sp³-hybridized carbons (Fsp3) is 0.350. The Hall–Kier alpha value is -2.01. The van der Waals surface area contributed by atoms with Crippen molar-refractivity contribution in [1.29, 1.82) is 0 Å². The average molecular weight is 323 g/mol. The quantitative estimate of drug-likeness (QED) is 0.943. The Bertz CT molecular complexity index is 662. The van der Waals surface area contributed by atoms with Crippen molar-refractivity contribution >= 4 is 5.78 Å². The van der Waals surface area contributed by atoms with Gasteiger partial charge in [-0.2, -0.15) is 0 Å². The van der Waals surface area contributed by atoms with E-state index in [2.05, 4.69) is 5.32 Å². The molecule has 0 saturated carbocycles. The van der Waals surface area contributed by atoms with E-state index < -0.39 is 5.79 Å². The van der Waals surface area contributed by atoms with Crippen LogP contribution >= 0.6 is 0 Å². The minimum Gasteiger partial charge on any atom is -0.339 e. The summed E-state index contributed by atoms with van der Waals surface area (Å²) in [5.74, 6) is -0.616. The van der Waals surface area contributed by atoms with Crippen molar-refractivity contribution in [1.82, 2.24) is 5.32 Å². The van der Waals surface area contributed by atoms with Gasteiger partial charge in [0.1, 0.15) is 11.9 Å². The Morgan fingerprint density at radius 2 is 1.58 bits per heavy atom. The van der Waals surface area contributed by atoms with E-state index in [-0.39, 0.29) is 12.1 Å². The summed E-state index contributed by atoms with van der Waals surface area (Å²) in [7, 11) is 0. The molecule has 1 N–H and O–H groups in total. The zero-order valence-electron chi connectivity index (χ0n) is 13.5. The number of rotatable bonds is 3. The Morgan fingerprint density at radius 1 is 0.958 bits per heavy atom. The normalized spacial score (nSPS) is 26.4. The Kier molecular flexibility index (Phi) is 4.19. The number of benzene rings is 2. The molecular weight excluding hydrogens is 302 g/mol. The summed E-state index contributed by atoms with van der Waals surface area (Å²) in [5.41, 5.74) is 1.95. The van der Waals surface area contributed by atoms with Gasteiger partial charge in [-0.3, -0.25) is 4.79 Å². The van der Waals surface area contributed by atoms with Crippen LogP contribution in [0.25, 0.3) is 0 Å². The van der Waals surface area contributed by atoms with Gasteiger partial charge in [0.2, 0.25) is 5.79 Å². The van der Waals surface area contributed by atoms with Crippen LogP contribution in [-0.4, -0.2) is 31.1 Å².